The van der Waals surface area contributed by atoms with Crippen molar-refractivity contribution in [3.05, 3.63) is 18.1 Å². The molecule has 0 amide bonds. The Hall–Kier alpha value is -1.16. The summed E-state index contributed by atoms with van der Waals surface area (Å²) < 4.78 is 0. The van der Waals surface area contributed by atoms with E-state index in [4.69, 9.17) is 5.11 Å². The van der Waals surface area contributed by atoms with Crippen LogP contribution in [0, 0.1) is 5.92 Å². The molecule has 0 aliphatic carbocycles. The lowest BCUT2D eigenvalue weighted by molar-refractivity contribution is 0.276. The lowest BCUT2D eigenvalue weighted by Crippen LogP contribution is -2.34. The van der Waals surface area contributed by atoms with Crippen LogP contribution < -0.4 is 4.90 Å². The van der Waals surface area contributed by atoms with Crippen molar-refractivity contribution in [2.75, 3.05) is 18.0 Å². The average molecular weight is 207 g/mol. The molecular formula is C11H17N3O. The Kier molecular flexibility index (Phi) is 3.16. The maximum absolute atomic E-state index is 8.86. The molecule has 1 atom stereocenters. The lowest BCUT2D eigenvalue weighted by atomic mass is 10.0. The van der Waals surface area contributed by atoms with Gasteiger partial charge in [0.2, 0.25) is 0 Å². The zero-order chi connectivity index (χ0) is 10.7. The van der Waals surface area contributed by atoms with Gasteiger partial charge in [0.1, 0.15) is 5.82 Å². The first kappa shape index (κ1) is 10.4. The summed E-state index contributed by atoms with van der Waals surface area (Å²) in [6, 6.07) is 0. The summed E-state index contributed by atoms with van der Waals surface area (Å²) in [5, 5.41) is 8.86. The normalized spacial score (nSPS) is 21.7. The van der Waals surface area contributed by atoms with Gasteiger partial charge in [-0.15, -0.1) is 0 Å². The molecule has 1 fully saturated rings. The topological polar surface area (TPSA) is 49.2 Å². The molecule has 15 heavy (non-hydrogen) atoms. The molecule has 1 aliphatic heterocycles. The van der Waals surface area contributed by atoms with E-state index in [2.05, 4.69) is 21.8 Å². The molecule has 1 aliphatic rings. The third kappa shape index (κ3) is 2.45. The largest absolute Gasteiger partial charge is 0.390 e. The Labute approximate surface area is 90.0 Å². The van der Waals surface area contributed by atoms with Crippen LogP contribution in [0.5, 0.6) is 0 Å². The molecule has 1 unspecified atom stereocenters. The van der Waals surface area contributed by atoms with Crippen LogP contribution in [-0.4, -0.2) is 28.2 Å². The van der Waals surface area contributed by atoms with E-state index in [-0.39, 0.29) is 6.61 Å². The second-order valence-electron chi connectivity index (χ2n) is 4.22. The summed E-state index contributed by atoms with van der Waals surface area (Å²) in [6.07, 6.45) is 5.93. The number of aromatic nitrogens is 2. The van der Waals surface area contributed by atoms with Crippen molar-refractivity contribution >= 4 is 5.82 Å². The van der Waals surface area contributed by atoms with Crippen molar-refractivity contribution in [3.8, 4) is 0 Å². The molecule has 0 saturated carbocycles. The average Bonchev–Trinajstić information content (AvgIpc) is 2.29. The van der Waals surface area contributed by atoms with Gasteiger partial charge < -0.3 is 10.0 Å². The summed E-state index contributed by atoms with van der Waals surface area (Å²) in [5.41, 5.74) is 0.629. The zero-order valence-electron chi connectivity index (χ0n) is 9.06. The fourth-order valence-corrected chi connectivity index (χ4v) is 1.99. The summed E-state index contributed by atoms with van der Waals surface area (Å²) in [6.45, 7) is 4.36. The number of hydrogen-bond acceptors (Lipinski definition) is 4. The highest BCUT2D eigenvalue weighted by atomic mass is 16.3. The van der Waals surface area contributed by atoms with Crippen LogP contribution in [0.2, 0.25) is 0 Å². The first-order valence-corrected chi connectivity index (χ1v) is 5.46. The number of hydrogen-bond donors (Lipinski definition) is 1. The molecule has 82 valence electrons. The van der Waals surface area contributed by atoms with Gasteiger partial charge in [0.15, 0.2) is 0 Å². The Morgan fingerprint density at radius 1 is 1.47 bits per heavy atom. The Morgan fingerprint density at radius 3 is 2.93 bits per heavy atom. The molecule has 1 saturated heterocycles. The second kappa shape index (κ2) is 4.57. The molecule has 2 heterocycles. The van der Waals surface area contributed by atoms with Crippen molar-refractivity contribution in [1.82, 2.24) is 9.97 Å². The number of anilines is 1. The minimum absolute atomic E-state index is 0.0380. The molecule has 0 radical (unpaired) electrons. The van der Waals surface area contributed by atoms with Gasteiger partial charge in [-0.05, 0) is 18.8 Å². The number of nitrogens with zero attached hydrogens (tertiary/aromatic N) is 3. The van der Waals surface area contributed by atoms with Gasteiger partial charge in [-0.3, -0.25) is 4.98 Å². The third-order valence-electron chi connectivity index (χ3n) is 2.83. The number of aliphatic hydroxyl groups excluding tert-OH is 1. The van der Waals surface area contributed by atoms with E-state index in [1.54, 1.807) is 12.4 Å². The van der Waals surface area contributed by atoms with E-state index in [0.29, 0.717) is 5.69 Å². The monoisotopic (exact) mass is 207 g/mol. The van der Waals surface area contributed by atoms with Crippen LogP contribution in [0.3, 0.4) is 0 Å². The van der Waals surface area contributed by atoms with Gasteiger partial charge in [-0.25, -0.2) is 4.98 Å². The second-order valence-corrected chi connectivity index (χ2v) is 4.22. The third-order valence-corrected chi connectivity index (χ3v) is 2.83. The highest BCUT2D eigenvalue weighted by molar-refractivity contribution is 5.36. The summed E-state index contributed by atoms with van der Waals surface area (Å²) in [4.78, 5) is 10.7. The van der Waals surface area contributed by atoms with Crippen molar-refractivity contribution in [1.29, 1.82) is 0 Å². The van der Waals surface area contributed by atoms with Crippen molar-refractivity contribution in [3.63, 3.8) is 0 Å². The van der Waals surface area contributed by atoms with Crippen LogP contribution in [0.4, 0.5) is 5.82 Å². The van der Waals surface area contributed by atoms with E-state index >= 15 is 0 Å². The maximum Gasteiger partial charge on any atom is 0.147 e. The quantitative estimate of drug-likeness (QED) is 0.791. The van der Waals surface area contributed by atoms with E-state index < -0.39 is 0 Å². The van der Waals surface area contributed by atoms with Crippen LogP contribution in [0.25, 0.3) is 0 Å². The van der Waals surface area contributed by atoms with E-state index in [1.807, 2.05) is 0 Å². The smallest absolute Gasteiger partial charge is 0.147 e. The molecule has 2 rings (SSSR count). The first-order chi connectivity index (χ1) is 7.29. The van der Waals surface area contributed by atoms with Gasteiger partial charge >= 0.3 is 0 Å². The van der Waals surface area contributed by atoms with E-state index in [0.717, 1.165) is 24.8 Å². The molecule has 0 spiro atoms. The summed E-state index contributed by atoms with van der Waals surface area (Å²) in [7, 11) is 0. The van der Waals surface area contributed by atoms with Gasteiger partial charge in [0, 0.05) is 13.1 Å². The number of piperidine rings is 1. The Bertz CT molecular complexity index is 312. The molecule has 4 nitrogen and oxygen atoms in total. The van der Waals surface area contributed by atoms with E-state index in [9.17, 15) is 0 Å². The molecular weight excluding hydrogens is 190 g/mol. The summed E-state index contributed by atoms with van der Waals surface area (Å²) in [5.74, 6) is 1.66. The molecule has 0 aromatic carbocycles. The van der Waals surface area contributed by atoms with Crippen LogP contribution in [0.15, 0.2) is 12.4 Å². The van der Waals surface area contributed by atoms with Crippen molar-refractivity contribution < 1.29 is 5.11 Å². The molecule has 0 bridgehead atoms. The van der Waals surface area contributed by atoms with Crippen LogP contribution >= 0.6 is 0 Å². The van der Waals surface area contributed by atoms with Gasteiger partial charge in [0.05, 0.1) is 24.7 Å². The van der Waals surface area contributed by atoms with Crippen molar-refractivity contribution in [2.45, 2.75) is 26.4 Å². The maximum atomic E-state index is 8.86. The van der Waals surface area contributed by atoms with Crippen molar-refractivity contribution in [2.24, 2.45) is 5.92 Å². The number of rotatable bonds is 2. The predicted molar refractivity (Wildman–Crippen MR) is 58.6 cm³/mol. The lowest BCUT2D eigenvalue weighted by Gasteiger charge is -2.31. The molecule has 1 N–H and O–H groups in total. The van der Waals surface area contributed by atoms with Gasteiger partial charge in [-0.2, -0.15) is 0 Å². The fourth-order valence-electron chi connectivity index (χ4n) is 1.99. The highest BCUT2D eigenvalue weighted by Crippen LogP contribution is 2.20. The fraction of sp³-hybridized carbons (Fsp3) is 0.636. The predicted octanol–water partition coefficient (Wildman–Crippen LogP) is 1.21. The Balaban J connectivity index is 2.07. The number of aliphatic hydroxyl groups is 1. The minimum Gasteiger partial charge on any atom is -0.390 e. The minimum atomic E-state index is -0.0380. The highest BCUT2D eigenvalue weighted by Gasteiger charge is 2.17. The Morgan fingerprint density at radius 2 is 2.33 bits per heavy atom. The van der Waals surface area contributed by atoms with Crippen LogP contribution in [0.1, 0.15) is 25.5 Å². The summed E-state index contributed by atoms with van der Waals surface area (Å²) >= 11 is 0. The SMILES string of the molecule is CC1CCCN(c2cnc(CO)cn2)C1. The van der Waals surface area contributed by atoms with Gasteiger partial charge in [-0.1, -0.05) is 6.92 Å². The molecule has 1 aromatic heterocycles. The standard InChI is InChI=1S/C11H17N3O/c1-9-3-2-4-14(7-9)11-6-12-10(8-15)5-13-11/h5-6,9,15H,2-4,7-8H2,1H3. The van der Waals surface area contributed by atoms with Gasteiger partial charge in [0.25, 0.3) is 0 Å². The zero-order valence-corrected chi connectivity index (χ0v) is 9.06. The first-order valence-electron chi connectivity index (χ1n) is 5.46. The van der Waals surface area contributed by atoms with E-state index in [1.165, 1.54) is 12.8 Å². The molecule has 1 aromatic rings. The van der Waals surface area contributed by atoms with Crippen LogP contribution in [-0.2, 0) is 6.61 Å². The molecule has 4 heteroatoms.